The fourth-order valence-electron chi connectivity index (χ4n) is 1.85. The van der Waals surface area contributed by atoms with Gasteiger partial charge in [-0.1, -0.05) is 19.1 Å². The van der Waals surface area contributed by atoms with Gasteiger partial charge in [-0.2, -0.15) is 0 Å². The molecule has 0 saturated carbocycles. The van der Waals surface area contributed by atoms with Crippen molar-refractivity contribution >= 4 is 11.6 Å². The Morgan fingerprint density at radius 1 is 1.47 bits per heavy atom. The van der Waals surface area contributed by atoms with Gasteiger partial charge in [-0.15, -0.1) is 0 Å². The molecule has 0 aromatic heterocycles. The summed E-state index contributed by atoms with van der Waals surface area (Å²) in [5, 5.41) is 2.85. The quantitative estimate of drug-likeness (QED) is 0.776. The van der Waals surface area contributed by atoms with Gasteiger partial charge in [0.2, 0.25) is 5.91 Å². The highest BCUT2D eigenvalue weighted by atomic mass is 16.5. The summed E-state index contributed by atoms with van der Waals surface area (Å²) in [4.78, 5) is 13.9. The minimum atomic E-state index is -0.0591. The minimum absolute atomic E-state index is 0.0591. The summed E-state index contributed by atoms with van der Waals surface area (Å²) in [7, 11) is 3.49. The van der Waals surface area contributed by atoms with Gasteiger partial charge in [0, 0.05) is 6.54 Å². The van der Waals surface area contributed by atoms with E-state index >= 15 is 0 Å². The van der Waals surface area contributed by atoms with Crippen LogP contribution in [0, 0.1) is 5.92 Å². The molecule has 0 aliphatic carbocycles. The molecule has 0 radical (unpaired) electrons. The number of nitrogens with one attached hydrogen (secondary N) is 1. The molecule has 1 amide bonds. The van der Waals surface area contributed by atoms with Crippen molar-refractivity contribution in [2.24, 2.45) is 11.7 Å². The third kappa shape index (κ3) is 5.28. The van der Waals surface area contributed by atoms with E-state index in [1.165, 1.54) is 0 Å². The summed E-state index contributed by atoms with van der Waals surface area (Å²) < 4.78 is 5.19. The zero-order valence-electron chi connectivity index (χ0n) is 11.8. The predicted octanol–water partition coefficient (Wildman–Crippen LogP) is 1.16. The first-order chi connectivity index (χ1) is 9.06. The third-order valence-electron chi connectivity index (χ3n) is 2.82. The molecule has 5 heteroatoms. The van der Waals surface area contributed by atoms with E-state index in [2.05, 4.69) is 12.2 Å². The van der Waals surface area contributed by atoms with Crippen LogP contribution in [0.15, 0.2) is 24.3 Å². The molecule has 0 heterocycles. The number of carbonyl (C=O) groups is 1. The number of rotatable bonds is 7. The molecule has 1 rings (SSSR count). The van der Waals surface area contributed by atoms with Crippen molar-refractivity contribution in [3.05, 3.63) is 24.3 Å². The Morgan fingerprint density at radius 2 is 2.16 bits per heavy atom. The topological polar surface area (TPSA) is 67.6 Å². The molecule has 0 bridgehead atoms. The molecule has 1 unspecified atom stereocenters. The summed E-state index contributed by atoms with van der Waals surface area (Å²) in [6.07, 6.45) is 0. The van der Waals surface area contributed by atoms with Gasteiger partial charge in [-0.25, -0.2) is 0 Å². The second-order valence-electron chi connectivity index (χ2n) is 4.79. The molecule has 1 atom stereocenters. The predicted molar refractivity (Wildman–Crippen MR) is 77.3 cm³/mol. The highest BCUT2D eigenvalue weighted by Gasteiger charge is 2.11. The number of anilines is 1. The van der Waals surface area contributed by atoms with Crippen LogP contribution in [-0.4, -0.2) is 44.6 Å². The van der Waals surface area contributed by atoms with Crippen LogP contribution in [-0.2, 0) is 4.79 Å². The van der Waals surface area contributed by atoms with E-state index in [0.717, 1.165) is 6.54 Å². The smallest absolute Gasteiger partial charge is 0.238 e. The average molecular weight is 265 g/mol. The highest BCUT2D eigenvalue weighted by molar-refractivity contribution is 5.93. The van der Waals surface area contributed by atoms with Crippen molar-refractivity contribution in [2.45, 2.75) is 6.92 Å². The number of para-hydroxylation sites is 2. The van der Waals surface area contributed by atoms with Gasteiger partial charge in [0.15, 0.2) is 0 Å². The number of methoxy groups -OCH3 is 1. The lowest BCUT2D eigenvalue weighted by Crippen LogP contribution is -2.35. The standard InChI is InChI=1S/C14H23N3O2/c1-11(8-15)9-17(2)10-14(18)16-12-6-4-5-7-13(12)19-3/h4-7,11H,8-10,15H2,1-3H3,(H,16,18). The minimum Gasteiger partial charge on any atom is -0.495 e. The molecular formula is C14H23N3O2. The van der Waals surface area contributed by atoms with E-state index < -0.39 is 0 Å². The molecule has 0 saturated heterocycles. The van der Waals surface area contributed by atoms with Gasteiger partial charge in [-0.3, -0.25) is 9.69 Å². The Bertz CT molecular complexity index is 409. The summed E-state index contributed by atoms with van der Waals surface area (Å²) >= 11 is 0. The molecule has 5 nitrogen and oxygen atoms in total. The molecule has 19 heavy (non-hydrogen) atoms. The van der Waals surface area contributed by atoms with Gasteiger partial charge < -0.3 is 15.8 Å². The summed E-state index contributed by atoms with van der Waals surface area (Å²) in [5.41, 5.74) is 6.26. The third-order valence-corrected chi connectivity index (χ3v) is 2.82. The first kappa shape index (κ1) is 15.5. The molecule has 0 aliphatic heterocycles. The molecule has 1 aromatic rings. The zero-order chi connectivity index (χ0) is 14.3. The number of benzene rings is 1. The first-order valence-corrected chi connectivity index (χ1v) is 6.38. The molecule has 0 aliphatic rings. The van der Waals surface area contributed by atoms with Crippen LogP contribution >= 0.6 is 0 Å². The number of nitrogens with zero attached hydrogens (tertiary/aromatic N) is 1. The van der Waals surface area contributed by atoms with Crippen LogP contribution < -0.4 is 15.8 Å². The Morgan fingerprint density at radius 3 is 2.79 bits per heavy atom. The lowest BCUT2D eigenvalue weighted by molar-refractivity contribution is -0.117. The molecule has 1 aromatic carbocycles. The number of hydrogen-bond acceptors (Lipinski definition) is 4. The molecule has 106 valence electrons. The molecular weight excluding hydrogens is 242 g/mol. The van der Waals surface area contributed by atoms with Gasteiger partial charge in [0.05, 0.1) is 19.3 Å². The van der Waals surface area contributed by atoms with Gasteiger partial charge in [-0.05, 0) is 31.6 Å². The maximum Gasteiger partial charge on any atom is 0.238 e. The van der Waals surface area contributed by atoms with Crippen molar-refractivity contribution < 1.29 is 9.53 Å². The van der Waals surface area contributed by atoms with E-state index in [0.29, 0.717) is 30.4 Å². The van der Waals surface area contributed by atoms with Gasteiger partial charge in [0.1, 0.15) is 5.75 Å². The SMILES string of the molecule is COc1ccccc1NC(=O)CN(C)CC(C)CN. The highest BCUT2D eigenvalue weighted by Crippen LogP contribution is 2.22. The Hall–Kier alpha value is -1.59. The fraction of sp³-hybridized carbons (Fsp3) is 0.500. The number of carbonyl (C=O) groups excluding carboxylic acids is 1. The van der Waals surface area contributed by atoms with E-state index in [4.69, 9.17) is 10.5 Å². The number of ether oxygens (including phenoxy) is 1. The summed E-state index contributed by atoms with van der Waals surface area (Å²) in [6, 6.07) is 7.36. The second-order valence-corrected chi connectivity index (χ2v) is 4.79. The van der Waals surface area contributed by atoms with Crippen LogP contribution in [0.3, 0.4) is 0 Å². The van der Waals surface area contributed by atoms with E-state index in [1.807, 2.05) is 36.2 Å². The van der Waals surface area contributed by atoms with Crippen LogP contribution in [0.1, 0.15) is 6.92 Å². The number of hydrogen-bond donors (Lipinski definition) is 2. The Labute approximate surface area is 114 Å². The Kier molecular flexibility index (Phi) is 6.32. The van der Waals surface area contributed by atoms with Crippen molar-refractivity contribution in [1.29, 1.82) is 0 Å². The van der Waals surface area contributed by atoms with Crippen molar-refractivity contribution in [3.63, 3.8) is 0 Å². The monoisotopic (exact) mass is 265 g/mol. The van der Waals surface area contributed by atoms with Gasteiger partial charge >= 0.3 is 0 Å². The maximum atomic E-state index is 11.9. The lowest BCUT2D eigenvalue weighted by atomic mass is 10.2. The fourth-order valence-corrected chi connectivity index (χ4v) is 1.85. The van der Waals surface area contributed by atoms with Gasteiger partial charge in [0.25, 0.3) is 0 Å². The maximum absolute atomic E-state index is 11.9. The second kappa shape index (κ2) is 7.76. The zero-order valence-corrected chi connectivity index (χ0v) is 11.8. The Balaban J connectivity index is 2.51. The molecule has 3 N–H and O–H groups in total. The number of likely N-dealkylation sites (N-methyl/N-ethyl adjacent to an activating group) is 1. The number of amides is 1. The van der Waals surface area contributed by atoms with Crippen LogP contribution in [0.2, 0.25) is 0 Å². The van der Waals surface area contributed by atoms with E-state index in [-0.39, 0.29) is 5.91 Å². The van der Waals surface area contributed by atoms with Crippen LogP contribution in [0.4, 0.5) is 5.69 Å². The average Bonchev–Trinajstić information content (AvgIpc) is 2.38. The van der Waals surface area contributed by atoms with Crippen molar-refractivity contribution in [3.8, 4) is 5.75 Å². The van der Waals surface area contributed by atoms with E-state index in [9.17, 15) is 4.79 Å². The van der Waals surface area contributed by atoms with Crippen molar-refractivity contribution in [2.75, 3.05) is 39.1 Å². The molecule has 0 fully saturated rings. The normalized spacial score (nSPS) is 12.3. The van der Waals surface area contributed by atoms with E-state index in [1.54, 1.807) is 7.11 Å². The largest absolute Gasteiger partial charge is 0.495 e. The number of nitrogens with two attached hydrogens (primary N) is 1. The van der Waals surface area contributed by atoms with Crippen molar-refractivity contribution in [1.82, 2.24) is 4.90 Å². The lowest BCUT2D eigenvalue weighted by Gasteiger charge is -2.20. The summed E-state index contributed by atoms with van der Waals surface area (Å²) in [5.74, 6) is 0.981. The van der Waals surface area contributed by atoms with Crippen LogP contribution in [0.5, 0.6) is 5.75 Å². The summed E-state index contributed by atoms with van der Waals surface area (Å²) in [6.45, 7) is 3.82. The molecule has 0 spiro atoms. The van der Waals surface area contributed by atoms with Crippen LogP contribution in [0.25, 0.3) is 0 Å². The first-order valence-electron chi connectivity index (χ1n) is 6.38.